The van der Waals surface area contributed by atoms with E-state index in [0.717, 1.165) is 68.0 Å². The number of benzene rings is 2. The topological polar surface area (TPSA) is 81.5 Å². The van der Waals surface area contributed by atoms with E-state index in [-0.39, 0.29) is 30.2 Å². The van der Waals surface area contributed by atoms with Crippen molar-refractivity contribution in [1.82, 2.24) is 14.8 Å². The molecule has 0 radical (unpaired) electrons. The Balaban J connectivity index is 1.02. The molecule has 2 aliphatic rings. The largest absolute Gasteiger partial charge is 0.417 e. The van der Waals surface area contributed by atoms with Crippen LogP contribution < -0.4 is 5.32 Å². The molecule has 1 saturated heterocycles. The predicted octanol–water partition coefficient (Wildman–Crippen LogP) is 5.52. The first-order valence-corrected chi connectivity index (χ1v) is 14.0. The lowest BCUT2D eigenvalue weighted by Crippen LogP contribution is -2.49. The van der Waals surface area contributed by atoms with Crippen LogP contribution >= 0.6 is 0 Å². The number of nitrogens with zero attached hydrogens (tertiary/aromatic N) is 4. The summed E-state index contributed by atoms with van der Waals surface area (Å²) in [5.41, 5.74) is 2.27. The van der Waals surface area contributed by atoms with Gasteiger partial charge in [0.25, 0.3) is 0 Å². The molecule has 1 aromatic heterocycles. The van der Waals surface area contributed by atoms with Crippen molar-refractivity contribution in [3.63, 3.8) is 0 Å². The van der Waals surface area contributed by atoms with E-state index in [2.05, 4.69) is 47.5 Å². The number of carbonyl (C=O) groups is 1. The summed E-state index contributed by atoms with van der Waals surface area (Å²) < 4.78 is 45.7. The van der Waals surface area contributed by atoms with Crippen LogP contribution in [0.4, 0.5) is 18.9 Å². The highest BCUT2D eigenvalue weighted by atomic mass is 19.4. The van der Waals surface area contributed by atoms with Gasteiger partial charge >= 0.3 is 6.18 Å². The summed E-state index contributed by atoms with van der Waals surface area (Å²) in [6.45, 7) is 5.72. The van der Waals surface area contributed by atoms with Crippen LogP contribution in [0, 0.1) is 18.3 Å². The molecule has 1 aliphatic heterocycles. The van der Waals surface area contributed by atoms with Crippen molar-refractivity contribution in [3.05, 3.63) is 70.9 Å². The summed E-state index contributed by atoms with van der Waals surface area (Å²) in [5, 5.41) is 13.3. The minimum Gasteiger partial charge on any atom is -0.382 e. The summed E-state index contributed by atoms with van der Waals surface area (Å²) in [5.74, 6) is -0.0126. The van der Waals surface area contributed by atoms with Gasteiger partial charge in [0.15, 0.2) is 0 Å². The Bertz CT molecular complexity index is 1420. The van der Waals surface area contributed by atoms with Crippen molar-refractivity contribution in [2.45, 2.75) is 57.5 Å². The molecule has 2 heterocycles. The number of fused-ring (bicyclic) bond motifs is 1. The van der Waals surface area contributed by atoms with E-state index >= 15 is 0 Å². The number of amides is 1. The maximum absolute atomic E-state index is 13.3. The molecule has 10 heteroatoms. The van der Waals surface area contributed by atoms with E-state index < -0.39 is 11.7 Å². The first-order valence-electron chi connectivity index (χ1n) is 14.0. The highest BCUT2D eigenvalue weighted by Gasteiger charge is 2.34. The molecule has 1 saturated carbocycles. The number of nitrogens with one attached hydrogen (secondary N) is 1. The van der Waals surface area contributed by atoms with E-state index in [1.54, 1.807) is 6.07 Å². The molecule has 5 rings (SSSR count). The van der Waals surface area contributed by atoms with E-state index in [1.165, 1.54) is 17.7 Å². The minimum absolute atomic E-state index is 0.00820. The summed E-state index contributed by atoms with van der Waals surface area (Å²) in [6.07, 6.45) is -1.74. The molecule has 3 aromatic rings. The number of piperazine rings is 1. The second-order valence-corrected chi connectivity index (χ2v) is 11.0. The highest BCUT2D eigenvalue weighted by molar-refractivity contribution is 5.79. The van der Waals surface area contributed by atoms with Crippen LogP contribution in [0.5, 0.6) is 0 Å². The number of nitriles is 1. The second kappa shape index (κ2) is 12.5. The minimum atomic E-state index is -4.58. The lowest BCUT2D eigenvalue weighted by molar-refractivity contribution is -0.140. The lowest BCUT2D eigenvalue weighted by Gasteiger charge is -2.35. The van der Waals surface area contributed by atoms with Gasteiger partial charge in [-0.1, -0.05) is 17.7 Å². The zero-order valence-corrected chi connectivity index (χ0v) is 23.1. The number of carbonyl (C=O) groups excluding carboxylic acids is 1. The normalized spacial score (nSPS) is 20.1. The number of anilines is 1. The van der Waals surface area contributed by atoms with Gasteiger partial charge in [-0.25, -0.2) is 0 Å². The number of hydrogen-bond acceptors (Lipinski definition) is 6. The fraction of sp³-hybridized carbons (Fsp3) is 0.452. The standard InChI is InChI=1S/C31H34F3N5O2/c1-21-2-11-29-22(16-21)3-6-26(37-29)19-38-12-14-39(15-13-38)30(40)20-41-27-9-7-24(8-10-27)36-25-5-4-23(18-35)28(17-25)31(32,33)34/h2-6,11,16-17,24,27,36H,7-10,12-15,19-20H2,1H3/t24-,27-. The molecule has 1 amide bonds. The monoisotopic (exact) mass is 565 g/mol. The molecule has 216 valence electrons. The van der Waals surface area contributed by atoms with Crippen molar-refractivity contribution in [3.8, 4) is 6.07 Å². The zero-order valence-electron chi connectivity index (χ0n) is 23.1. The number of aryl methyl sites for hydroxylation is 1. The van der Waals surface area contributed by atoms with Crippen LogP contribution in [0.15, 0.2) is 48.5 Å². The Morgan fingerprint density at radius 3 is 2.51 bits per heavy atom. The van der Waals surface area contributed by atoms with Gasteiger partial charge in [0.2, 0.25) is 5.91 Å². The summed E-state index contributed by atoms with van der Waals surface area (Å²) >= 11 is 0. The summed E-state index contributed by atoms with van der Waals surface area (Å²) in [6, 6.07) is 15.8. The smallest absolute Gasteiger partial charge is 0.382 e. The molecular formula is C31H34F3N5O2. The van der Waals surface area contributed by atoms with Crippen LogP contribution in [0.25, 0.3) is 10.9 Å². The van der Waals surface area contributed by atoms with Crippen molar-refractivity contribution < 1.29 is 22.7 Å². The molecule has 2 fully saturated rings. The maximum Gasteiger partial charge on any atom is 0.417 e. The number of halogens is 3. The van der Waals surface area contributed by atoms with Gasteiger partial charge in [0, 0.05) is 49.8 Å². The molecule has 0 bridgehead atoms. The van der Waals surface area contributed by atoms with Gasteiger partial charge < -0.3 is 15.0 Å². The van der Waals surface area contributed by atoms with Gasteiger partial charge in [-0.3, -0.25) is 14.7 Å². The van der Waals surface area contributed by atoms with Crippen LogP contribution in [-0.2, 0) is 22.3 Å². The molecular weight excluding hydrogens is 531 g/mol. The Labute approximate surface area is 237 Å². The number of ether oxygens (including phenoxy) is 1. The third kappa shape index (κ3) is 7.34. The molecule has 1 aliphatic carbocycles. The first kappa shape index (κ1) is 28.8. The number of aromatic nitrogens is 1. The van der Waals surface area contributed by atoms with Gasteiger partial charge in [-0.2, -0.15) is 18.4 Å². The van der Waals surface area contributed by atoms with Gasteiger partial charge in [-0.15, -0.1) is 0 Å². The van der Waals surface area contributed by atoms with E-state index in [9.17, 15) is 18.0 Å². The zero-order chi connectivity index (χ0) is 29.0. The van der Waals surface area contributed by atoms with Crippen molar-refractivity contribution in [2.24, 2.45) is 0 Å². The van der Waals surface area contributed by atoms with Gasteiger partial charge in [0.05, 0.1) is 34.5 Å². The second-order valence-electron chi connectivity index (χ2n) is 11.0. The molecule has 1 N–H and O–H groups in total. The average molecular weight is 566 g/mol. The fourth-order valence-electron chi connectivity index (χ4n) is 5.62. The summed E-state index contributed by atoms with van der Waals surface area (Å²) in [7, 11) is 0. The van der Waals surface area contributed by atoms with Crippen LogP contribution in [0.1, 0.15) is 48.1 Å². The number of rotatable bonds is 7. The fourth-order valence-corrected chi connectivity index (χ4v) is 5.62. The van der Waals surface area contributed by atoms with Crippen LogP contribution in [-0.4, -0.2) is 65.6 Å². The Morgan fingerprint density at radius 2 is 1.80 bits per heavy atom. The van der Waals surface area contributed by atoms with Crippen LogP contribution in [0.2, 0.25) is 0 Å². The average Bonchev–Trinajstić information content (AvgIpc) is 2.96. The lowest BCUT2D eigenvalue weighted by atomic mass is 9.92. The first-order chi connectivity index (χ1) is 19.7. The third-order valence-electron chi connectivity index (χ3n) is 7.95. The van der Waals surface area contributed by atoms with Gasteiger partial charge in [0.1, 0.15) is 6.61 Å². The quantitative estimate of drug-likeness (QED) is 0.407. The van der Waals surface area contributed by atoms with Gasteiger partial charge in [-0.05, 0) is 69.0 Å². The highest BCUT2D eigenvalue weighted by Crippen LogP contribution is 2.34. The van der Waals surface area contributed by atoms with Crippen molar-refractivity contribution in [1.29, 1.82) is 5.26 Å². The molecule has 2 aromatic carbocycles. The number of hydrogen-bond donors (Lipinski definition) is 1. The SMILES string of the molecule is Cc1ccc2nc(CN3CCN(C(=O)CO[C@H]4CC[C@H](Nc5ccc(C#N)c(C(F)(F)F)c5)CC4)CC3)ccc2c1. The molecule has 7 nitrogen and oxygen atoms in total. The maximum atomic E-state index is 13.3. The molecule has 0 atom stereocenters. The predicted molar refractivity (Wildman–Crippen MR) is 150 cm³/mol. The number of pyridine rings is 1. The molecule has 41 heavy (non-hydrogen) atoms. The number of alkyl halides is 3. The van der Waals surface area contributed by atoms with E-state index in [1.807, 2.05) is 4.90 Å². The van der Waals surface area contributed by atoms with E-state index in [0.29, 0.717) is 18.8 Å². The summed E-state index contributed by atoms with van der Waals surface area (Å²) in [4.78, 5) is 21.7. The third-order valence-corrected chi connectivity index (χ3v) is 7.95. The molecule has 0 unspecified atom stereocenters. The van der Waals surface area contributed by atoms with Crippen molar-refractivity contribution in [2.75, 3.05) is 38.1 Å². The van der Waals surface area contributed by atoms with Crippen molar-refractivity contribution >= 4 is 22.5 Å². The Morgan fingerprint density at radius 1 is 1.05 bits per heavy atom. The molecule has 0 spiro atoms. The Kier molecular flexibility index (Phi) is 8.76. The Hall–Kier alpha value is -3.68. The van der Waals surface area contributed by atoms with Crippen LogP contribution in [0.3, 0.4) is 0 Å². The van der Waals surface area contributed by atoms with E-state index in [4.69, 9.17) is 15.0 Å².